The van der Waals surface area contributed by atoms with Crippen molar-refractivity contribution >= 4 is 76.3 Å². The van der Waals surface area contributed by atoms with E-state index in [9.17, 15) is 0 Å². The fraction of sp³-hybridized carbons (Fsp3) is 0.209. The summed E-state index contributed by atoms with van der Waals surface area (Å²) in [7, 11) is 0. The van der Waals surface area contributed by atoms with Crippen molar-refractivity contribution in [3.63, 3.8) is 0 Å². The highest BCUT2D eigenvalue weighted by molar-refractivity contribution is 6.19. The Labute approximate surface area is 308 Å². The Balaban J connectivity index is 0.00000208. The van der Waals surface area contributed by atoms with Crippen molar-refractivity contribution in [2.45, 2.75) is 58.0 Å². The van der Waals surface area contributed by atoms with Crippen LogP contribution in [0.2, 0.25) is 0 Å². The molecule has 49 heavy (non-hydrogen) atoms. The Kier molecular flexibility index (Phi) is 10.7. The number of aromatic nitrogens is 2. The number of fused-ring (bicyclic) bond motifs is 10. The van der Waals surface area contributed by atoms with Crippen LogP contribution in [0.1, 0.15) is 44.9 Å². The van der Waals surface area contributed by atoms with Gasteiger partial charge in [0.1, 0.15) is 13.1 Å². The average Bonchev–Trinajstić information content (AvgIpc) is 3.12. The number of nitrogens with zero attached hydrogens (tertiary/aromatic N) is 2. The van der Waals surface area contributed by atoms with Crippen LogP contribution in [0.15, 0.2) is 122 Å². The lowest BCUT2D eigenvalue weighted by Crippen LogP contribution is -3.00. The average molecular weight is 775 g/mol. The lowest BCUT2D eigenvalue weighted by molar-refractivity contribution is -0.670. The van der Waals surface area contributed by atoms with Crippen LogP contribution < -0.4 is 54.6 Å². The maximum absolute atomic E-state index is 6.49. The fourth-order valence-electron chi connectivity index (χ4n) is 7.75. The van der Waals surface area contributed by atoms with Gasteiger partial charge in [0.25, 0.3) is 0 Å². The maximum Gasteiger partial charge on any atom is 0.213 e. The lowest BCUT2D eigenvalue weighted by Gasteiger charge is -2.10. The normalized spacial score (nSPS) is 11.4. The molecule has 0 aliphatic heterocycles. The van der Waals surface area contributed by atoms with E-state index in [4.69, 9.17) is 11.5 Å². The molecule has 0 saturated heterocycles. The number of rotatable bonds is 10. The smallest absolute Gasteiger partial charge is 0.213 e. The van der Waals surface area contributed by atoms with E-state index in [0.29, 0.717) is 0 Å². The summed E-state index contributed by atoms with van der Waals surface area (Å²) in [5.41, 5.74) is 17.2. The summed E-state index contributed by atoms with van der Waals surface area (Å²) in [6, 6.07) is 38.9. The van der Waals surface area contributed by atoms with Crippen molar-refractivity contribution in [2.75, 3.05) is 11.5 Å². The van der Waals surface area contributed by atoms with E-state index < -0.39 is 0 Å². The molecule has 2 heterocycles. The van der Waals surface area contributed by atoms with E-state index in [0.717, 1.165) is 35.2 Å². The molecule has 0 aliphatic carbocycles. The molecule has 0 spiro atoms. The first kappa shape index (κ1) is 34.6. The third-order valence-electron chi connectivity index (χ3n) is 10.1. The topological polar surface area (TPSA) is 59.8 Å². The van der Waals surface area contributed by atoms with Crippen LogP contribution in [-0.4, -0.2) is 0 Å². The number of benzene rings is 6. The predicted molar refractivity (Wildman–Crippen MR) is 199 cm³/mol. The van der Waals surface area contributed by atoms with Crippen molar-refractivity contribution in [3.8, 4) is 0 Å². The molecular weight excluding hydrogens is 732 g/mol. The molecular formula is C43H42Br2N4. The number of pyridine rings is 2. The third-order valence-corrected chi connectivity index (χ3v) is 10.1. The van der Waals surface area contributed by atoms with Crippen LogP contribution in [0.25, 0.3) is 64.9 Å². The van der Waals surface area contributed by atoms with Gasteiger partial charge in [0.2, 0.25) is 11.0 Å². The second-order valence-electron chi connectivity index (χ2n) is 13.1. The summed E-state index contributed by atoms with van der Waals surface area (Å²) in [6.45, 7) is 2.06. The van der Waals surface area contributed by atoms with Gasteiger partial charge in [-0.2, -0.15) is 9.13 Å². The number of hydrogen-bond acceptors (Lipinski definition) is 2. The molecule has 0 bridgehead atoms. The van der Waals surface area contributed by atoms with Crippen molar-refractivity contribution in [3.05, 3.63) is 122 Å². The molecule has 4 N–H and O–H groups in total. The Bertz CT molecular complexity index is 2270. The van der Waals surface area contributed by atoms with Gasteiger partial charge in [-0.05, 0) is 47.9 Å². The first-order valence-corrected chi connectivity index (χ1v) is 17.2. The minimum absolute atomic E-state index is 0. The van der Waals surface area contributed by atoms with Gasteiger partial charge in [0, 0.05) is 57.9 Å². The molecule has 0 saturated carbocycles. The molecule has 0 amide bonds. The molecule has 8 rings (SSSR count). The van der Waals surface area contributed by atoms with Crippen LogP contribution >= 0.6 is 0 Å². The number of aryl methyl sites for hydroxylation is 2. The quantitative estimate of drug-likeness (QED) is 0.0964. The zero-order valence-corrected chi connectivity index (χ0v) is 30.9. The summed E-state index contributed by atoms with van der Waals surface area (Å²) in [4.78, 5) is 0. The second-order valence-corrected chi connectivity index (χ2v) is 13.1. The molecule has 2 aromatic heterocycles. The van der Waals surface area contributed by atoms with E-state index in [2.05, 4.69) is 131 Å². The minimum Gasteiger partial charge on any atom is -1.00 e. The van der Waals surface area contributed by atoms with Gasteiger partial charge in [-0.25, -0.2) is 0 Å². The Morgan fingerprint density at radius 1 is 0.347 bits per heavy atom. The lowest BCUT2D eigenvalue weighted by atomic mass is 9.98. The maximum atomic E-state index is 6.49. The highest BCUT2D eigenvalue weighted by atomic mass is 79.9. The second kappa shape index (κ2) is 15.1. The van der Waals surface area contributed by atoms with E-state index in [-0.39, 0.29) is 34.0 Å². The van der Waals surface area contributed by atoms with Gasteiger partial charge in [-0.15, -0.1) is 0 Å². The van der Waals surface area contributed by atoms with E-state index >= 15 is 0 Å². The molecule has 0 fully saturated rings. The number of nitrogens with two attached hydrogens (primary N) is 2. The van der Waals surface area contributed by atoms with Gasteiger partial charge in [-0.1, -0.05) is 92.1 Å². The molecule has 0 aliphatic rings. The SMILES string of the molecule is Nc1cc2c(c[n+](CCCCCCCCC[n+]3cc4c5ccccc5c(N)cc4c4ccccc43)c3ccccc23)c2ccccc12.[Br-].[Br-]. The van der Waals surface area contributed by atoms with Crippen LogP contribution in [-0.2, 0) is 13.1 Å². The first-order valence-electron chi connectivity index (χ1n) is 17.2. The first-order chi connectivity index (χ1) is 23.2. The summed E-state index contributed by atoms with van der Waals surface area (Å²) in [6.07, 6.45) is 13.4. The Morgan fingerprint density at radius 3 is 1.08 bits per heavy atom. The zero-order valence-electron chi connectivity index (χ0n) is 27.7. The van der Waals surface area contributed by atoms with Crippen molar-refractivity contribution in [1.29, 1.82) is 0 Å². The monoisotopic (exact) mass is 772 g/mol. The van der Waals surface area contributed by atoms with Crippen LogP contribution in [0.5, 0.6) is 0 Å². The largest absolute Gasteiger partial charge is 1.00 e. The van der Waals surface area contributed by atoms with Gasteiger partial charge >= 0.3 is 0 Å². The summed E-state index contributed by atoms with van der Waals surface area (Å²) < 4.78 is 4.92. The van der Waals surface area contributed by atoms with Gasteiger partial charge < -0.3 is 45.4 Å². The van der Waals surface area contributed by atoms with Crippen LogP contribution in [0.4, 0.5) is 11.4 Å². The highest BCUT2D eigenvalue weighted by Crippen LogP contribution is 2.34. The minimum atomic E-state index is 0. The standard InChI is InChI=1S/C43H40N4.2BrH/c44-40-26-36-34-20-10-12-22-42(34)46(28-38(36)30-16-6-8-18-32(30)40)24-14-4-2-1-3-5-15-25-47-29-39-31-17-7-9-19-33(31)41(45)27-37(39)35-21-11-13-23-43(35)47;;/h6-13,16-23,26-29,44-45H,1-5,14-15,24-25H2;2*1H. The molecule has 248 valence electrons. The fourth-order valence-corrected chi connectivity index (χ4v) is 7.75. The zero-order chi connectivity index (χ0) is 31.7. The number of hydrogen-bond donors (Lipinski definition) is 2. The molecule has 0 radical (unpaired) electrons. The number of unbranched alkanes of at least 4 members (excludes halogenated alkanes) is 6. The Hall–Kier alpha value is -4.26. The van der Waals surface area contributed by atoms with Gasteiger partial charge in [0.15, 0.2) is 12.4 Å². The van der Waals surface area contributed by atoms with E-state index in [1.54, 1.807) is 0 Å². The molecule has 8 aromatic rings. The summed E-state index contributed by atoms with van der Waals surface area (Å²) >= 11 is 0. The number of para-hydroxylation sites is 2. The molecule has 0 atom stereocenters. The third kappa shape index (κ3) is 6.56. The van der Waals surface area contributed by atoms with Crippen molar-refractivity contribution in [1.82, 2.24) is 0 Å². The van der Waals surface area contributed by atoms with E-state index in [1.807, 2.05) is 0 Å². The molecule has 0 unspecified atom stereocenters. The number of anilines is 2. The highest BCUT2D eigenvalue weighted by Gasteiger charge is 2.18. The number of halogens is 2. The Morgan fingerprint density at radius 2 is 0.673 bits per heavy atom. The molecule has 6 heteroatoms. The van der Waals surface area contributed by atoms with Crippen molar-refractivity contribution < 1.29 is 43.1 Å². The molecule has 6 aromatic carbocycles. The molecule has 4 nitrogen and oxygen atoms in total. The van der Waals surface area contributed by atoms with Gasteiger partial charge in [-0.3, -0.25) is 0 Å². The summed E-state index contributed by atoms with van der Waals surface area (Å²) in [5.74, 6) is 0. The van der Waals surface area contributed by atoms with Crippen molar-refractivity contribution in [2.24, 2.45) is 0 Å². The van der Waals surface area contributed by atoms with Gasteiger partial charge in [0.05, 0.1) is 21.5 Å². The predicted octanol–water partition coefficient (Wildman–Crippen LogP) is 3.78. The van der Waals surface area contributed by atoms with Crippen LogP contribution in [0.3, 0.4) is 0 Å². The number of nitrogen functional groups attached to an aromatic ring is 2. The van der Waals surface area contributed by atoms with Crippen LogP contribution in [0, 0.1) is 0 Å². The summed E-state index contributed by atoms with van der Waals surface area (Å²) in [5, 5.41) is 12.3. The van der Waals surface area contributed by atoms with E-state index in [1.165, 1.54) is 99.1 Å².